The van der Waals surface area contributed by atoms with Crippen molar-refractivity contribution in [1.82, 2.24) is 23.3 Å². The lowest BCUT2D eigenvalue weighted by molar-refractivity contribution is 0.0600. The number of nitrogens with zero attached hydrogens (tertiary/aromatic N) is 5. The third-order valence-electron chi connectivity index (χ3n) is 5.81. The van der Waals surface area contributed by atoms with Crippen LogP contribution in [0.3, 0.4) is 0 Å². The maximum absolute atomic E-state index is 13.2. The molecule has 4 aromatic rings. The Morgan fingerprint density at radius 2 is 1.70 bits per heavy atom. The molecule has 0 N–H and O–H groups in total. The van der Waals surface area contributed by atoms with Crippen LogP contribution in [0.2, 0.25) is 0 Å². The Bertz CT molecular complexity index is 1530. The summed E-state index contributed by atoms with van der Waals surface area (Å²) in [6, 6.07) is 8.69. The fourth-order valence-corrected chi connectivity index (χ4v) is 4.06. The average molecular weight is 449 g/mol. The summed E-state index contributed by atoms with van der Waals surface area (Å²) < 4.78 is 10.4. The van der Waals surface area contributed by atoms with Gasteiger partial charge >= 0.3 is 11.7 Å². The van der Waals surface area contributed by atoms with E-state index in [1.54, 1.807) is 30.3 Å². The summed E-state index contributed by atoms with van der Waals surface area (Å²) in [6.45, 7) is 3.62. The molecule has 0 aliphatic carbocycles. The molecule has 3 aromatic heterocycles. The number of rotatable bonds is 5. The first-order chi connectivity index (χ1) is 15.6. The van der Waals surface area contributed by atoms with Gasteiger partial charge in [-0.15, -0.1) is 0 Å². The Labute approximate surface area is 188 Å². The topological polar surface area (TPSA) is 110 Å². The Hall–Kier alpha value is -4.21. The molecule has 10 nitrogen and oxygen atoms in total. The quantitative estimate of drug-likeness (QED) is 0.337. The molecule has 4 rings (SSSR count). The number of hydrogen-bond acceptors (Lipinski definition) is 6. The normalized spacial score (nSPS) is 11.2. The van der Waals surface area contributed by atoms with E-state index in [4.69, 9.17) is 4.74 Å². The predicted octanol–water partition coefficient (Wildman–Crippen LogP) is 1.51. The molecule has 0 aliphatic heterocycles. The summed E-state index contributed by atoms with van der Waals surface area (Å²) in [6.07, 6.45) is 1.40. The van der Waals surface area contributed by atoms with Crippen molar-refractivity contribution in [2.45, 2.75) is 20.4 Å². The lowest BCUT2D eigenvalue weighted by atomic mass is 10.1. The van der Waals surface area contributed by atoms with Gasteiger partial charge in [0, 0.05) is 36.7 Å². The predicted molar refractivity (Wildman–Crippen MR) is 121 cm³/mol. The second-order valence-electron chi connectivity index (χ2n) is 7.83. The van der Waals surface area contributed by atoms with Crippen molar-refractivity contribution in [2.24, 2.45) is 14.1 Å². The van der Waals surface area contributed by atoms with Crippen molar-refractivity contribution in [2.75, 3.05) is 7.11 Å². The van der Waals surface area contributed by atoms with E-state index >= 15 is 0 Å². The third kappa shape index (κ3) is 3.49. The minimum absolute atomic E-state index is 0.102. The van der Waals surface area contributed by atoms with Gasteiger partial charge in [0.25, 0.3) is 5.56 Å². The Kier molecular flexibility index (Phi) is 5.36. The van der Waals surface area contributed by atoms with Crippen molar-refractivity contribution in [3.8, 4) is 5.69 Å². The third-order valence-corrected chi connectivity index (χ3v) is 5.81. The van der Waals surface area contributed by atoms with Crippen LogP contribution in [0.25, 0.3) is 16.9 Å². The lowest BCUT2D eigenvalue weighted by Gasteiger charge is -2.11. The van der Waals surface area contributed by atoms with Crippen molar-refractivity contribution in [1.29, 1.82) is 0 Å². The van der Waals surface area contributed by atoms with Crippen molar-refractivity contribution in [3.63, 3.8) is 0 Å². The molecule has 0 spiro atoms. The second-order valence-corrected chi connectivity index (χ2v) is 7.83. The largest absolute Gasteiger partial charge is 0.465 e. The van der Waals surface area contributed by atoms with Crippen molar-refractivity contribution in [3.05, 3.63) is 80.0 Å². The van der Waals surface area contributed by atoms with Crippen molar-refractivity contribution >= 4 is 22.9 Å². The van der Waals surface area contributed by atoms with E-state index < -0.39 is 17.2 Å². The van der Waals surface area contributed by atoms with E-state index in [2.05, 4.69) is 4.98 Å². The number of esters is 1. The molecule has 10 heteroatoms. The highest BCUT2D eigenvalue weighted by Gasteiger charge is 2.20. The number of Topliss-reactive ketones (excluding diaryl/α,β-unsaturated/α-hetero) is 1. The molecule has 1 aromatic carbocycles. The number of methoxy groups -OCH3 is 1. The van der Waals surface area contributed by atoms with Crippen LogP contribution in [-0.4, -0.2) is 42.1 Å². The van der Waals surface area contributed by atoms with Gasteiger partial charge in [-0.3, -0.25) is 18.7 Å². The molecule has 33 heavy (non-hydrogen) atoms. The number of ketones is 1. The smallest absolute Gasteiger partial charge is 0.337 e. The fourth-order valence-electron chi connectivity index (χ4n) is 4.06. The number of imidazole rings is 1. The molecule has 0 bridgehead atoms. The molecule has 0 aliphatic rings. The Balaban J connectivity index is 1.71. The van der Waals surface area contributed by atoms with Gasteiger partial charge in [-0.05, 0) is 44.2 Å². The number of carbonyl (C=O) groups excluding carboxylic acids is 2. The van der Waals surface area contributed by atoms with Crippen LogP contribution < -0.4 is 11.2 Å². The minimum atomic E-state index is -0.505. The zero-order valence-electron chi connectivity index (χ0n) is 18.9. The van der Waals surface area contributed by atoms with Crippen LogP contribution in [0.1, 0.15) is 32.1 Å². The first kappa shape index (κ1) is 22.0. The van der Waals surface area contributed by atoms with Gasteiger partial charge in [-0.1, -0.05) is 0 Å². The lowest BCUT2D eigenvalue weighted by Crippen LogP contribution is -2.37. The maximum Gasteiger partial charge on any atom is 0.337 e. The van der Waals surface area contributed by atoms with E-state index in [1.165, 1.54) is 36.7 Å². The number of ether oxygens (including phenoxy) is 1. The molecule has 0 fully saturated rings. The SMILES string of the molecule is COC(=O)c1ccc(-n2c(C)cc(C(=O)Cn3cnc4c3c(=O)n(C)c(=O)n4C)c2C)cc1. The van der Waals surface area contributed by atoms with E-state index in [9.17, 15) is 19.2 Å². The molecule has 0 amide bonds. The Morgan fingerprint density at radius 3 is 2.33 bits per heavy atom. The first-order valence-corrected chi connectivity index (χ1v) is 10.2. The van der Waals surface area contributed by atoms with Gasteiger partial charge in [-0.2, -0.15) is 0 Å². The highest BCUT2D eigenvalue weighted by atomic mass is 16.5. The standard InChI is InChI=1S/C23H23N5O5/c1-13-10-17(14(2)28(13)16-8-6-15(7-9-16)22(31)33-5)18(29)11-27-12-24-20-19(27)21(30)26(4)23(32)25(20)3/h6-10,12H,11H2,1-5H3. The van der Waals surface area contributed by atoms with E-state index in [0.717, 1.165) is 21.6 Å². The van der Waals surface area contributed by atoms with Crippen molar-refractivity contribution < 1.29 is 14.3 Å². The maximum atomic E-state index is 13.2. The van der Waals surface area contributed by atoms with Gasteiger partial charge in [0.15, 0.2) is 16.9 Å². The molecule has 0 atom stereocenters. The second kappa shape index (κ2) is 8.05. The summed E-state index contributed by atoms with van der Waals surface area (Å²) in [5.41, 5.74) is 2.75. The molecule has 0 unspecified atom stereocenters. The van der Waals surface area contributed by atoms with Gasteiger partial charge in [0.05, 0.1) is 25.5 Å². The summed E-state index contributed by atoms with van der Waals surface area (Å²) in [5, 5.41) is 0. The number of benzene rings is 1. The monoisotopic (exact) mass is 449 g/mol. The van der Waals surface area contributed by atoms with Gasteiger partial charge in [0.2, 0.25) is 0 Å². The summed E-state index contributed by atoms with van der Waals surface area (Å²) in [4.78, 5) is 53.8. The molecule has 0 saturated carbocycles. The fraction of sp³-hybridized carbons (Fsp3) is 0.261. The average Bonchev–Trinajstić information content (AvgIpc) is 3.36. The number of hydrogen-bond donors (Lipinski definition) is 0. The van der Waals surface area contributed by atoms with Crippen LogP contribution in [0.4, 0.5) is 0 Å². The number of aromatic nitrogens is 5. The highest BCUT2D eigenvalue weighted by molar-refractivity contribution is 5.98. The number of fused-ring (bicyclic) bond motifs is 1. The molecular weight excluding hydrogens is 426 g/mol. The summed E-state index contributed by atoms with van der Waals surface area (Å²) >= 11 is 0. The van der Waals surface area contributed by atoms with Crippen LogP contribution in [0, 0.1) is 13.8 Å². The summed E-state index contributed by atoms with van der Waals surface area (Å²) in [5.74, 6) is -0.620. The van der Waals surface area contributed by atoms with E-state index in [0.29, 0.717) is 11.1 Å². The molecule has 170 valence electrons. The zero-order valence-corrected chi connectivity index (χ0v) is 18.9. The molecule has 0 radical (unpaired) electrons. The first-order valence-electron chi connectivity index (χ1n) is 10.2. The molecular formula is C23H23N5O5. The highest BCUT2D eigenvalue weighted by Crippen LogP contribution is 2.22. The molecule has 0 saturated heterocycles. The number of aryl methyl sites for hydroxylation is 2. The molecule has 3 heterocycles. The number of carbonyl (C=O) groups is 2. The van der Waals surface area contributed by atoms with Crippen LogP contribution >= 0.6 is 0 Å². The van der Waals surface area contributed by atoms with E-state index in [-0.39, 0.29) is 23.5 Å². The minimum Gasteiger partial charge on any atom is -0.465 e. The zero-order chi connectivity index (χ0) is 24.0. The Morgan fingerprint density at radius 1 is 1.03 bits per heavy atom. The van der Waals surface area contributed by atoms with Crippen LogP contribution in [-0.2, 0) is 25.4 Å². The van der Waals surface area contributed by atoms with Gasteiger partial charge in [-0.25, -0.2) is 14.6 Å². The van der Waals surface area contributed by atoms with Gasteiger partial charge in [0.1, 0.15) is 0 Å². The van der Waals surface area contributed by atoms with Crippen LogP contribution in [0.5, 0.6) is 0 Å². The van der Waals surface area contributed by atoms with E-state index in [1.807, 2.05) is 18.4 Å². The van der Waals surface area contributed by atoms with Crippen LogP contribution in [0.15, 0.2) is 46.2 Å². The summed E-state index contributed by atoms with van der Waals surface area (Å²) in [7, 11) is 4.25. The van der Waals surface area contributed by atoms with Gasteiger partial charge < -0.3 is 13.9 Å².